The lowest BCUT2D eigenvalue weighted by Gasteiger charge is -2.06. The Morgan fingerprint density at radius 1 is 0.256 bits per heavy atom. The molecular weight excluding hydrogens is 1540 g/mol. The molecule has 0 fully saturated rings. The van der Waals surface area contributed by atoms with E-state index in [1.807, 2.05) is 233 Å². The molecule has 0 saturated heterocycles. The van der Waals surface area contributed by atoms with Crippen LogP contribution in [0.25, 0.3) is 85.1 Å². The highest BCUT2D eigenvalue weighted by Gasteiger charge is 2.06. The number of aliphatic hydroxyl groups is 5. The van der Waals surface area contributed by atoms with Gasteiger partial charge in [-0.15, -0.1) is 0 Å². The maximum Gasteiger partial charge on any atom is 0.164 e. The standard InChI is InChI=1S/2C16H15FO.C16H16O.C15H13ClO.C15H14O3.C15H14O2.C14H11FO/c1-12-2-6-15(11-18)14(10-12)7-3-13-4-8-16(17)9-5-13;1-12-4-2-6-14(16(12)11-18)9-8-13-5-3-7-15(17)10-13;1-13-3-2-4-15(11-13)8-5-14-6-9-16(12-17)10-7-14;16-15-4-2-1-3-14(15)10-9-12-5-7-13(11-17)8-6-12;16-10-12-6-4-11(5-7-12)8-9-13-2-1-3-14(17)15(13)18;1-11-8-13(10-15(17)9-11)3-2-12-4-6-14(16)7-5-12;15-14-4-2-1-3-12(14)8-5-11-6-9-13(16)10-7-11/h2*2-10,18H,11H2,1H3;2-11,17H,12H2,1H3;1-10,17H,11H2;1-9,16-18H,10H2;2-10,16-17H,1H3;1-10,16H/b7-3+;9-8+;8-5+;10-9+;9-8+;3-2+;8-5+. The van der Waals surface area contributed by atoms with Gasteiger partial charge in [0.05, 0.1) is 33.0 Å². The van der Waals surface area contributed by atoms with Crippen LogP contribution < -0.4 is 0 Å². The van der Waals surface area contributed by atoms with Crippen LogP contribution >= 0.6 is 11.6 Å². The van der Waals surface area contributed by atoms with Gasteiger partial charge < -0.3 is 51.1 Å². The molecular formula is C107H98ClF3O10. The Balaban J connectivity index is 0.000000176. The highest BCUT2D eigenvalue weighted by molar-refractivity contribution is 6.32. The molecule has 0 unspecified atom stereocenters. The first-order valence-electron chi connectivity index (χ1n) is 38.8. The smallest absolute Gasteiger partial charge is 0.164 e. The van der Waals surface area contributed by atoms with Crippen LogP contribution in [-0.4, -0.2) is 51.1 Å². The van der Waals surface area contributed by atoms with E-state index in [9.17, 15) is 38.7 Å². The summed E-state index contributed by atoms with van der Waals surface area (Å²) in [7, 11) is 0. The maximum absolute atomic E-state index is 13.3. The SMILES string of the molecule is Cc1cc(O)cc(/C=C/c2ccc(O)cc2)c1.Cc1ccc(CO)c(/C=C/c2ccc(F)cc2)c1.Cc1cccc(/C=C/c2ccc(CO)cc2)c1.Cc1cccc(/C=C/c2cccc(F)c2)c1CO.OCc1ccc(/C=C/c2cccc(O)c2O)cc1.OCc1ccc(/C=C/c2ccccc2Cl)cc1.Oc1ccc(/C=C/c2ccccc2F)cc1. The van der Waals surface area contributed by atoms with Crippen molar-refractivity contribution < 1.29 is 64.2 Å². The quantitative estimate of drug-likeness (QED) is 0.0274. The summed E-state index contributed by atoms with van der Waals surface area (Å²) in [6.45, 7) is 8.24. The molecule has 0 aromatic heterocycles. The number of phenolic OH excluding ortho intramolecular Hbond substituents is 5. The molecule has 14 heteroatoms. The second kappa shape index (κ2) is 50.0. The third-order valence-corrected chi connectivity index (χ3v) is 18.6. The zero-order valence-corrected chi connectivity index (χ0v) is 68.4. The largest absolute Gasteiger partial charge is 0.508 e. The average molecular weight is 1640 g/mol. The minimum Gasteiger partial charge on any atom is -0.508 e. The van der Waals surface area contributed by atoms with E-state index in [0.717, 1.165) is 111 Å². The summed E-state index contributed by atoms with van der Waals surface area (Å²) in [6.07, 6.45) is 26.7. The molecule has 0 heterocycles. The Bertz CT molecular complexity index is 5740. The number of hydrogen-bond acceptors (Lipinski definition) is 10. The van der Waals surface area contributed by atoms with E-state index in [1.54, 1.807) is 115 Å². The van der Waals surface area contributed by atoms with Crippen molar-refractivity contribution in [3.8, 4) is 28.7 Å². The lowest BCUT2D eigenvalue weighted by atomic mass is 10.0. The molecule has 614 valence electrons. The predicted molar refractivity (Wildman–Crippen MR) is 494 cm³/mol. The zero-order valence-electron chi connectivity index (χ0n) is 67.6. The monoisotopic (exact) mass is 1630 g/mol. The van der Waals surface area contributed by atoms with Gasteiger partial charge in [0, 0.05) is 16.1 Å². The lowest BCUT2D eigenvalue weighted by Crippen LogP contribution is -1.92. The van der Waals surface area contributed by atoms with Gasteiger partial charge in [-0.2, -0.15) is 0 Å². The van der Waals surface area contributed by atoms with E-state index in [4.69, 9.17) is 37.1 Å². The summed E-state index contributed by atoms with van der Waals surface area (Å²) in [6, 6.07) is 94.2. The van der Waals surface area contributed by atoms with Crippen LogP contribution in [-0.2, 0) is 33.0 Å². The second-order valence-electron chi connectivity index (χ2n) is 27.8. The summed E-state index contributed by atoms with van der Waals surface area (Å²) in [5, 5.41) is 92.9. The van der Waals surface area contributed by atoms with Crippen molar-refractivity contribution in [3.05, 3.63) is 466 Å². The predicted octanol–water partition coefficient (Wildman–Crippen LogP) is 25.3. The molecule has 0 spiro atoms. The van der Waals surface area contributed by atoms with Crippen molar-refractivity contribution in [2.24, 2.45) is 0 Å². The van der Waals surface area contributed by atoms with Crippen LogP contribution in [0.1, 0.15) is 128 Å². The summed E-state index contributed by atoms with van der Waals surface area (Å²) in [4.78, 5) is 0. The lowest BCUT2D eigenvalue weighted by molar-refractivity contribution is 0.280. The minimum atomic E-state index is -0.247. The number of benzene rings is 14. The van der Waals surface area contributed by atoms with Gasteiger partial charge in [-0.3, -0.25) is 0 Å². The van der Waals surface area contributed by atoms with Gasteiger partial charge in [-0.05, 0) is 212 Å². The first-order chi connectivity index (χ1) is 58.5. The fourth-order valence-electron chi connectivity index (χ4n) is 11.5. The molecule has 0 aliphatic heterocycles. The minimum absolute atomic E-state index is 0.00942. The fraction of sp³-hybridized carbons (Fsp3) is 0.0841. The van der Waals surface area contributed by atoms with E-state index >= 15 is 0 Å². The third-order valence-electron chi connectivity index (χ3n) is 18.3. The highest BCUT2D eigenvalue weighted by Crippen LogP contribution is 2.30. The molecule has 0 amide bonds. The number of rotatable bonds is 19. The summed E-state index contributed by atoms with van der Waals surface area (Å²) in [5.74, 6) is -0.220. The van der Waals surface area contributed by atoms with Gasteiger partial charge in [-0.25, -0.2) is 13.2 Å². The Hall–Kier alpha value is -13.9. The third kappa shape index (κ3) is 33.2. The average Bonchev–Trinajstić information content (AvgIpc) is 0.854. The van der Waals surface area contributed by atoms with Crippen molar-refractivity contribution in [2.75, 3.05) is 0 Å². The molecule has 0 aliphatic rings. The van der Waals surface area contributed by atoms with Gasteiger partial charge in [0.15, 0.2) is 11.5 Å². The Morgan fingerprint density at radius 3 is 1.16 bits per heavy atom. The van der Waals surface area contributed by atoms with Crippen molar-refractivity contribution in [1.29, 1.82) is 0 Å². The zero-order chi connectivity index (χ0) is 86.7. The van der Waals surface area contributed by atoms with Crippen LogP contribution in [0.5, 0.6) is 28.7 Å². The van der Waals surface area contributed by atoms with Crippen LogP contribution in [0, 0.1) is 45.1 Å². The van der Waals surface area contributed by atoms with Crippen molar-refractivity contribution >= 4 is 96.7 Å². The topological polar surface area (TPSA) is 202 Å². The van der Waals surface area contributed by atoms with Crippen molar-refractivity contribution in [1.82, 2.24) is 0 Å². The molecule has 0 saturated carbocycles. The summed E-state index contributed by atoms with van der Waals surface area (Å²) in [5.41, 5.74) is 22.1. The van der Waals surface area contributed by atoms with Gasteiger partial charge in [0.1, 0.15) is 34.7 Å². The van der Waals surface area contributed by atoms with Gasteiger partial charge >= 0.3 is 0 Å². The van der Waals surface area contributed by atoms with Crippen molar-refractivity contribution in [2.45, 2.75) is 60.7 Å². The first-order valence-corrected chi connectivity index (χ1v) is 39.2. The number of aliphatic hydroxyl groups excluding tert-OH is 5. The number of phenols is 5. The Labute approximate surface area is 712 Å². The van der Waals surface area contributed by atoms with Gasteiger partial charge in [-0.1, -0.05) is 344 Å². The van der Waals surface area contributed by atoms with E-state index in [-0.39, 0.29) is 79.2 Å². The number of para-hydroxylation sites is 1. The molecule has 0 bridgehead atoms. The number of halogens is 4. The van der Waals surface area contributed by atoms with Crippen LogP contribution in [0.15, 0.2) is 315 Å². The molecule has 14 rings (SSSR count). The van der Waals surface area contributed by atoms with Crippen molar-refractivity contribution in [3.63, 3.8) is 0 Å². The number of hydrogen-bond donors (Lipinski definition) is 10. The molecule has 0 atom stereocenters. The molecule has 0 radical (unpaired) electrons. The molecule has 121 heavy (non-hydrogen) atoms. The fourth-order valence-corrected chi connectivity index (χ4v) is 11.7. The molecule has 14 aromatic rings. The van der Waals surface area contributed by atoms with Crippen LogP contribution in [0.4, 0.5) is 13.2 Å². The normalized spacial score (nSPS) is 11.0. The van der Waals surface area contributed by atoms with E-state index in [0.29, 0.717) is 11.1 Å². The molecule has 14 aromatic carbocycles. The second-order valence-corrected chi connectivity index (χ2v) is 28.2. The summed E-state index contributed by atoms with van der Waals surface area (Å²) < 4.78 is 39.1. The van der Waals surface area contributed by atoms with Gasteiger partial charge in [0.25, 0.3) is 0 Å². The maximum atomic E-state index is 13.3. The van der Waals surface area contributed by atoms with E-state index in [1.165, 1.54) is 47.5 Å². The number of aromatic hydroxyl groups is 5. The van der Waals surface area contributed by atoms with E-state index in [2.05, 4.69) is 43.3 Å². The van der Waals surface area contributed by atoms with Gasteiger partial charge in [0.2, 0.25) is 0 Å². The Kier molecular flexibility index (Phi) is 38.3. The molecule has 0 aliphatic carbocycles. The molecule has 10 N–H and O–H groups in total. The van der Waals surface area contributed by atoms with Crippen LogP contribution in [0.3, 0.4) is 0 Å². The van der Waals surface area contributed by atoms with E-state index < -0.39 is 0 Å². The Morgan fingerprint density at radius 2 is 0.653 bits per heavy atom. The first kappa shape index (κ1) is 92.6. The molecule has 10 nitrogen and oxygen atoms in total. The summed E-state index contributed by atoms with van der Waals surface area (Å²) >= 11 is 6.05. The number of aryl methyl sites for hydroxylation is 4. The van der Waals surface area contributed by atoms with Crippen LogP contribution in [0.2, 0.25) is 5.02 Å². The highest BCUT2D eigenvalue weighted by atomic mass is 35.5.